The van der Waals surface area contributed by atoms with Crippen molar-refractivity contribution in [1.29, 1.82) is 0 Å². The fraction of sp³-hybridized carbons (Fsp3) is 0.150. The van der Waals surface area contributed by atoms with Crippen LogP contribution >= 0.6 is 0 Å². The normalized spacial score (nSPS) is 11.0. The Bertz CT molecular complexity index is 1050. The molecule has 0 aliphatic rings. The van der Waals surface area contributed by atoms with Gasteiger partial charge in [-0.25, -0.2) is 4.68 Å². The summed E-state index contributed by atoms with van der Waals surface area (Å²) in [7, 11) is 0. The molecular weight excluding hydrogens is 326 g/mol. The van der Waals surface area contributed by atoms with E-state index in [0.29, 0.717) is 12.2 Å². The summed E-state index contributed by atoms with van der Waals surface area (Å²) < 4.78 is 3.78. The number of nitrogens with one attached hydrogen (secondary N) is 1. The lowest BCUT2D eigenvalue weighted by Gasteiger charge is -2.06. The Hall–Kier alpha value is -3.41. The minimum atomic E-state index is -0.150. The SMILES string of the molecule is CCCNC(=O)c1ccn(-c2ccc3ccc(-c4cccnc4)cn23)n1. The van der Waals surface area contributed by atoms with Crippen LogP contribution in [-0.4, -0.2) is 31.6 Å². The van der Waals surface area contributed by atoms with E-state index in [0.717, 1.165) is 28.9 Å². The van der Waals surface area contributed by atoms with Gasteiger partial charge in [0, 0.05) is 42.4 Å². The Morgan fingerprint density at radius 3 is 2.81 bits per heavy atom. The number of rotatable bonds is 5. The zero-order valence-corrected chi connectivity index (χ0v) is 14.5. The van der Waals surface area contributed by atoms with E-state index in [1.54, 1.807) is 23.1 Å². The number of carbonyl (C=O) groups is 1. The van der Waals surface area contributed by atoms with Crippen molar-refractivity contribution in [3.05, 3.63) is 72.9 Å². The van der Waals surface area contributed by atoms with Gasteiger partial charge in [-0.3, -0.25) is 9.78 Å². The Morgan fingerprint density at radius 2 is 2.00 bits per heavy atom. The van der Waals surface area contributed by atoms with Gasteiger partial charge < -0.3 is 9.72 Å². The third-order valence-electron chi connectivity index (χ3n) is 4.22. The van der Waals surface area contributed by atoms with Gasteiger partial charge in [0.1, 0.15) is 5.82 Å². The molecule has 0 atom stereocenters. The van der Waals surface area contributed by atoms with Crippen molar-refractivity contribution < 1.29 is 4.79 Å². The molecule has 4 aromatic heterocycles. The number of hydrogen-bond acceptors (Lipinski definition) is 3. The fourth-order valence-electron chi connectivity index (χ4n) is 2.88. The summed E-state index contributed by atoms with van der Waals surface area (Å²) >= 11 is 0. The van der Waals surface area contributed by atoms with Gasteiger partial charge in [-0.2, -0.15) is 5.10 Å². The van der Waals surface area contributed by atoms with Gasteiger partial charge >= 0.3 is 0 Å². The summed E-state index contributed by atoms with van der Waals surface area (Å²) in [6.07, 6.45) is 8.36. The lowest BCUT2D eigenvalue weighted by Crippen LogP contribution is -2.24. The molecular formula is C20H19N5O. The maximum absolute atomic E-state index is 12.1. The van der Waals surface area contributed by atoms with Crippen LogP contribution in [0.1, 0.15) is 23.8 Å². The lowest BCUT2D eigenvalue weighted by atomic mass is 10.1. The highest BCUT2D eigenvalue weighted by Gasteiger charge is 2.12. The molecule has 26 heavy (non-hydrogen) atoms. The van der Waals surface area contributed by atoms with E-state index >= 15 is 0 Å². The highest BCUT2D eigenvalue weighted by Crippen LogP contribution is 2.22. The van der Waals surface area contributed by atoms with Crippen LogP contribution in [0.4, 0.5) is 0 Å². The largest absolute Gasteiger partial charge is 0.351 e. The number of fused-ring (bicyclic) bond motifs is 1. The van der Waals surface area contributed by atoms with E-state index in [2.05, 4.69) is 38.1 Å². The van der Waals surface area contributed by atoms with Gasteiger partial charge in [-0.15, -0.1) is 0 Å². The first-order valence-corrected chi connectivity index (χ1v) is 8.62. The van der Waals surface area contributed by atoms with Gasteiger partial charge in [0.25, 0.3) is 5.91 Å². The predicted octanol–water partition coefficient (Wildman–Crippen LogP) is 3.33. The topological polar surface area (TPSA) is 64.2 Å². The molecule has 1 N–H and O–H groups in total. The van der Waals surface area contributed by atoms with Gasteiger partial charge in [0.05, 0.1) is 0 Å². The first-order valence-electron chi connectivity index (χ1n) is 8.62. The molecule has 0 aromatic carbocycles. The molecule has 6 nitrogen and oxygen atoms in total. The molecule has 0 saturated carbocycles. The zero-order valence-electron chi connectivity index (χ0n) is 14.5. The standard InChI is InChI=1S/C20H19N5O/c1-2-10-22-20(26)18-9-12-25(23-18)19-8-7-17-6-5-16(14-24(17)19)15-4-3-11-21-13-15/h3-9,11-14H,2,10H2,1H3,(H,22,26). The quantitative estimate of drug-likeness (QED) is 0.603. The van der Waals surface area contributed by atoms with E-state index in [1.807, 2.05) is 37.4 Å². The van der Waals surface area contributed by atoms with Crippen molar-refractivity contribution >= 4 is 11.4 Å². The molecule has 0 bridgehead atoms. The van der Waals surface area contributed by atoms with Crippen molar-refractivity contribution in [2.45, 2.75) is 13.3 Å². The third-order valence-corrected chi connectivity index (χ3v) is 4.22. The minimum Gasteiger partial charge on any atom is -0.351 e. The number of aromatic nitrogens is 4. The number of hydrogen-bond donors (Lipinski definition) is 1. The van der Waals surface area contributed by atoms with E-state index < -0.39 is 0 Å². The monoisotopic (exact) mass is 345 g/mol. The highest BCUT2D eigenvalue weighted by molar-refractivity contribution is 5.92. The average Bonchev–Trinajstić information content (AvgIpc) is 3.33. The maximum atomic E-state index is 12.1. The molecule has 4 rings (SSSR count). The van der Waals surface area contributed by atoms with Crippen LogP contribution < -0.4 is 5.32 Å². The molecule has 4 heterocycles. The Labute approximate surface area is 151 Å². The Kier molecular flexibility index (Phi) is 4.23. The van der Waals surface area contributed by atoms with Crippen molar-refractivity contribution in [2.75, 3.05) is 6.54 Å². The predicted molar refractivity (Wildman–Crippen MR) is 100 cm³/mol. The summed E-state index contributed by atoms with van der Waals surface area (Å²) in [6, 6.07) is 13.8. The molecule has 0 spiro atoms. The second kappa shape index (κ2) is 6.84. The van der Waals surface area contributed by atoms with Crippen LogP contribution in [0.5, 0.6) is 0 Å². The summed E-state index contributed by atoms with van der Waals surface area (Å²) in [5.74, 6) is 0.725. The average molecular weight is 345 g/mol. The van der Waals surface area contributed by atoms with Gasteiger partial charge in [0.2, 0.25) is 0 Å². The third kappa shape index (κ3) is 2.97. The number of amides is 1. The molecule has 0 unspecified atom stereocenters. The van der Waals surface area contributed by atoms with Crippen LogP contribution in [0.25, 0.3) is 22.5 Å². The molecule has 4 aromatic rings. The van der Waals surface area contributed by atoms with Crippen molar-refractivity contribution in [2.24, 2.45) is 0 Å². The molecule has 0 aliphatic heterocycles. The zero-order chi connectivity index (χ0) is 17.9. The molecule has 6 heteroatoms. The smallest absolute Gasteiger partial charge is 0.271 e. The maximum Gasteiger partial charge on any atom is 0.271 e. The number of carbonyl (C=O) groups excluding carboxylic acids is 1. The second-order valence-electron chi connectivity index (χ2n) is 6.05. The van der Waals surface area contributed by atoms with Crippen molar-refractivity contribution in [1.82, 2.24) is 24.5 Å². The van der Waals surface area contributed by atoms with Crippen molar-refractivity contribution in [3.63, 3.8) is 0 Å². The van der Waals surface area contributed by atoms with E-state index in [9.17, 15) is 4.79 Å². The van der Waals surface area contributed by atoms with Crippen LogP contribution in [0.2, 0.25) is 0 Å². The van der Waals surface area contributed by atoms with E-state index in [1.165, 1.54) is 0 Å². The van der Waals surface area contributed by atoms with Crippen LogP contribution in [0, 0.1) is 0 Å². The summed E-state index contributed by atoms with van der Waals surface area (Å²) in [5, 5.41) is 7.28. The lowest BCUT2D eigenvalue weighted by molar-refractivity contribution is 0.0948. The Morgan fingerprint density at radius 1 is 1.12 bits per heavy atom. The second-order valence-corrected chi connectivity index (χ2v) is 6.05. The first-order chi connectivity index (χ1) is 12.8. The van der Waals surface area contributed by atoms with Gasteiger partial charge in [-0.1, -0.05) is 19.1 Å². The van der Waals surface area contributed by atoms with Crippen LogP contribution in [-0.2, 0) is 0 Å². The molecule has 1 amide bonds. The molecule has 0 fully saturated rings. The molecule has 0 radical (unpaired) electrons. The number of nitrogens with zero attached hydrogens (tertiary/aromatic N) is 4. The fourth-order valence-corrected chi connectivity index (χ4v) is 2.88. The van der Waals surface area contributed by atoms with Gasteiger partial charge in [0.15, 0.2) is 5.69 Å². The summed E-state index contributed by atoms with van der Waals surface area (Å²) in [6.45, 7) is 2.67. The molecule has 0 saturated heterocycles. The van der Waals surface area contributed by atoms with E-state index in [4.69, 9.17) is 0 Å². The summed E-state index contributed by atoms with van der Waals surface area (Å²) in [4.78, 5) is 16.3. The van der Waals surface area contributed by atoms with Crippen molar-refractivity contribution in [3.8, 4) is 16.9 Å². The minimum absolute atomic E-state index is 0.150. The summed E-state index contributed by atoms with van der Waals surface area (Å²) in [5.41, 5.74) is 3.59. The highest BCUT2D eigenvalue weighted by atomic mass is 16.1. The molecule has 0 aliphatic carbocycles. The van der Waals surface area contributed by atoms with Crippen LogP contribution in [0.15, 0.2) is 67.3 Å². The first kappa shape index (κ1) is 16.1. The molecule has 130 valence electrons. The van der Waals surface area contributed by atoms with E-state index in [-0.39, 0.29) is 5.91 Å². The van der Waals surface area contributed by atoms with Crippen LogP contribution in [0.3, 0.4) is 0 Å². The van der Waals surface area contributed by atoms with Gasteiger partial charge in [-0.05, 0) is 42.3 Å². The Balaban J connectivity index is 1.71. The number of pyridine rings is 2.